The van der Waals surface area contributed by atoms with E-state index >= 15 is 0 Å². The van der Waals surface area contributed by atoms with Gasteiger partial charge in [-0.3, -0.25) is 4.79 Å². The van der Waals surface area contributed by atoms with Crippen molar-refractivity contribution < 1.29 is 4.79 Å². The zero-order valence-electron chi connectivity index (χ0n) is 8.11. The fourth-order valence-electron chi connectivity index (χ4n) is 0.909. The van der Waals surface area contributed by atoms with E-state index in [1.165, 1.54) is 6.07 Å². The van der Waals surface area contributed by atoms with E-state index in [-0.39, 0.29) is 5.69 Å². The zero-order valence-corrected chi connectivity index (χ0v) is 8.11. The molecule has 1 rings (SSSR count). The number of primary amides is 1. The van der Waals surface area contributed by atoms with Crippen LogP contribution in [-0.2, 0) is 0 Å². The summed E-state index contributed by atoms with van der Waals surface area (Å²) in [6.07, 6.45) is 0. The Bertz CT molecular complexity index is 350. The largest absolute Gasteiger partial charge is 0.396 e. The molecule has 0 unspecified atom stereocenters. The lowest BCUT2D eigenvalue weighted by Crippen LogP contribution is -2.22. The molecule has 0 bridgehead atoms. The highest BCUT2D eigenvalue weighted by atomic mass is 16.1. The minimum Gasteiger partial charge on any atom is -0.396 e. The predicted molar refractivity (Wildman–Crippen MR) is 54.5 cm³/mol. The number of aromatic nitrogens is 1. The molecule has 0 fully saturated rings. The van der Waals surface area contributed by atoms with Crippen LogP contribution < -0.4 is 16.9 Å². The number of anilines is 2. The molecule has 0 aliphatic carbocycles. The van der Waals surface area contributed by atoms with Crippen LogP contribution >= 0.6 is 0 Å². The van der Waals surface area contributed by atoms with Crippen LogP contribution in [0.5, 0.6) is 0 Å². The Balaban J connectivity index is 3.02. The van der Waals surface area contributed by atoms with Crippen LogP contribution in [0.3, 0.4) is 0 Å². The van der Waals surface area contributed by atoms with Crippen molar-refractivity contribution >= 4 is 17.4 Å². The predicted octanol–water partition coefficient (Wildman–Crippen LogP) is -0.349. The normalized spacial score (nSPS) is 10.2. The molecule has 6 heteroatoms. The fraction of sp³-hybridized carbons (Fsp3) is 0.250. The molecule has 14 heavy (non-hydrogen) atoms. The molecule has 5 N–H and O–H groups in total. The fourth-order valence-corrected chi connectivity index (χ4v) is 0.909. The van der Waals surface area contributed by atoms with E-state index in [9.17, 15) is 4.79 Å². The number of carbonyl (C=O) groups is 1. The van der Waals surface area contributed by atoms with Crippen molar-refractivity contribution in [1.82, 2.24) is 9.99 Å². The van der Waals surface area contributed by atoms with Crippen molar-refractivity contribution in [3.63, 3.8) is 0 Å². The van der Waals surface area contributed by atoms with E-state index in [0.29, 0.717) is 11.5 Å². The van der Waals surface area contributed by atoms with Gasteiger partial charge in [0.1, 0.15) is 5.69 Å². The molecule has 0 atom stereocenters. The Hall–Kier alpha value is -1.82. The molecule has 0 saturated carbocycles. The maximum atomic E-state index is 10.8. The number of nitrogen functional groups attached to an aromatic ring is 1. The molecule has 1 aromatic rings. The maximum absolute atomic E-state index is 10.8. The first-order valence-corrected chi connectivity index (χ1v) is 4.01. The second-order valence-electron chi connectivity index (χ2n) is 3.00. The lowest BCUT2D eigenvalue weighted by atomic mass is 10.3. The van der Waals surface area contributed by atoms with Gasteiger partial charge < -0.3 is 16.9 Å². The Kier molecular flexibility index (Phi) is 2.88. The van der Waals surface area contributed by atoms with Gasteiger partial charge in [-0.05, 0) is 12.1 Å². The number of hydrogen-bond donors (Lipinski definition) is 3. The Morgan fingerprint density at radius 2 is 2.14 bits per heavy atom. The van der Waals surface area contributed by atoms with Crippen LogP contribution in [0.2, 0.25) is 0 Å². The molecular weight excluding hydrogens is 182 g/mol. The van der Waals surface area contributed by atoms with Gasteiger partial charge in [0.05, 0.1) is 5.69 Å². The summed E-state index contributed by atoms with van der Waals surface area (Å²) in [6.45, 7) is 0. The molecule has 1 amide bonds. The molecule has 76 valence electrons. The monoisotopic (exact) mass is 195 g/mol. The van der Waals surface area contributed by atoms with Gasteiger partial charge in [0.2, 0.25) is 0 Å². The van der Waals surface area contributed by atoms with E-state index < -0.39 is 5.91 Å². The number of hydrazine groups is 1. The molecule has 1 heterocycles. The van der Waals surface area contributed by atoms with Crippen molar-refractivity contribution in [3.8, 4) is 0 Å². The topological polar surface area (TPSA) is 97.3 Å². The second-order valence-corrected chi connectivity index (χ2v) is 3.00. The third-order valence-corrected chi connectivity index (χ3v) is 1.51. The first kappa shape index (κ1) is 10.3. The van der Waals surface area contributed by atoms with Gasteiger partial charge >= 0.3 is 0 Å². The van der Waals surface area contributed by atoms with E-state index in [1.54, 1.807) is 25.2 Å². The molecule has 1 aromatic heterocycles. The average Bonchev–Trinajstić information content (AvgIpc) is 2.07. The number of rotatable bonds is 3. The second kappa shape index (κ2) is 3.93. The molecule has 0 saturated heterocycles. The number of pyridine rings is 1. The highest BCUT2D eigenvalue weighted by Crippen LogP contribution is 2.15. The van der Waals surface area contributed by atoms with Gasteiger partial charge in [-0.25, -0.2) is 9.99 Å². The van der Waals surface area contributed by atoms with Gasteiger partial charge in [0.15, 0.2) is 5.82 Å². The van der Waals surface area contributed by atoms with Crippen LogP contribution in [0, 0.1) is 0 Å². The summed E-state index contributed by atoms with van der Waals surface area (Å²) >= 11 is 0. The van der Waals surface area contributed by atoms with Gasteiger partial charge in [0.25, 0.3) is 5.91 Å². The first-order valence-electron chi connectivity index (χ1n) is 4.01. The van der Waals surface area contributed by atoms with Crippen LogP contribution in [0.25, 0.3) is 0 Å². The van der Waals surface area contributed by atoms with Crippen LogP contribution in [-0.4, -0.2) is 30.0 Å². The summed E-state index contributed by atoms with van der Waals surface area (Å²) < 4.78 is 0. The molecule has 0 radical (unpaired) electrons. The molecule has 0 aromatic carbocycles. The maximum Gasteiger partial charge on any atom is 0.267 e. The molecular formula is C8H13N5O. The molecule has 0 aliphatic heterocycles. The number of carbonyl (C=O) groups excluding carboxylic acids is 1. The van der Waals surface area contributed by atoms with Gasteiger partial charge in [0, 0.05) is 14.1 Å². The summed E-state index contributed by atoms with van der Waals surface area (Å²) in [5, 5.41) is 1.67. The Morgan fingerprint density at radius 1 is 1.50 bits per heavy atom. The van der Waals surface area contributed by atoms with Crippen molar-refractivity contribution in [2.24, 2.45) is 5.73 Å². The third kappa shape index (κ3) is 2.33. The summed E-state index contributed by atoms with van der Waals surface area (Å²) in [5.41, 5.74) is 14.2. The average molecular weight is 195 g/mol. The van der Waals surface area contributed by atoms with Crippen LogP contribution in [0.4, 0.5) is 11.5 Å². The highest BCUT2D eigenvalue weighted by Gasteiger charge is 2.06. The lowest BCUT2D eigenvalue weighted by molar-refractivity contribution is 0.0995. The van der Waals surface area contributed by atoms with E-state index in [1.807, 2.05) is 0 Å². The zero-order chi connectivity index (χ0) is 10.7. The molecule has 6 nitrogen and oxygen atoms in total. The van der Waals surface area contributed by atoms with E-state index in [4.69, 9.17) is 11.5 Å². The summed E-state index contributed by atoms with van der Waals surface area (Å²) in [4.78, 5) is 14.8. The minimum atomic E-state index is -0.577. The summed E-state index contributed by atoms with van der Waals surface area (Å²) in [6, 6.07) is 3.07. The number of nitrogens with zero attached hydrogens (tertiary/aromatic N) is 2. The van der Waals surface area contributed by atoms with Crippen molar-refractivity contribution in [2.45, 2.75) is 0 Å². The smallest absolute Gasteiger partial charge is 0.267 e. The first-order chi connectivity index (χ1) is 6.50. The van der Waals surface area contributed by atoms with Gasteiger partial charge in [-0.1, -0.05) is 0 Å². The lowest BCUT2D eigenvalue weighted by Gasteiger charge is -2.14. The Morgan fingerprint density at radius 3 is 2.64 bits per heavy atom. The van der Waals surface area contributed by atoms with Crippen LogP contribution in [0.1, 0.15) is 10.5 Å². The van der Waals surface area contributed by atoms with Gasteiger partial charge in [-0.15, -0.1) is 0 Å². The van der Waals surface area contributed by atoms with Crippen LogP contribution in [0.15, 0.2) is 12.1 Å². The number of nitrogens with two attached hydrogens (primary N) is 2. The minimum absolute atomic E-state index is 0.184. The Labute approximate surface area is 81.9 Å². The molecule has 0 spiro atoms. The standard InChI is InChI=1S/C8H13N5O/c1-13(2)12-8-5(9)3-4-6(11-8)7(10)14/h3-4H,9H2,1-2H3,(H2,10,14)(H,11,12). The summed E-state index contributed by atoms with van der Waals surface area (Å²) in [7, 11) is 3.58. The quantitative estimate of drug-likeness (QED) is 0.573. The number of hydrogen-bond acceptors (Lipinski definition) is 5. The van der Waals surface area contributed by atoms with E-state index in [0.717, 1.165) is 0 Å². The molecule has 0 aliphatic rings. The summed E-state index contributed by atoms with van der Waals surface area (Å²) in [5.74, 6) is -0.155. The van der Waals surface area contributed by atoms with Crippen molar-refractivity contribution in [1.29, 1.82) is 0 Å². The number of nitrogens with one attached hydrogen (secondary N) is 1. The van der Waals surface area contributed by atoms with Crippen molar-refractivity contribution in [3.05, 3.63) is 17.8 Å². The van der Waals surface area contributed by atoms with Crippen molar-refractivity contribution in [2.75, 3.05) is 25.3 Å². The number of amides is 1. The van der Waals surface area contributed by atoms with E-state index in [2.05, 4.69) is 10.4 Å². The highest BCUT2D eigenvalue weighted by molar-refractivity contribution is 5.91. The SMILES string of the molecule is CN(C)Nc1nc(C(N)=O)ccc1N. The third-order valence-electron chi connectivity index (χ3n) is 1.51. The van der Waals surface area contributed by atoms with Gasteiger partial charge in [-0.2, -0.15) is 0 Å².